The zero-order valence-corrected chi connectivity index (χ0v) is 25.7. The van der Waals surface area contributed by atoms with Crippen LogP contribution in [0, 0.1) is 13.8 Å². The SMILES string of the molecule is CC1(OCCF)CCCCC1.COc1ccc(C)c2nc(-c3sc4ccccc4c3C)cc(C(=O)[O-])c12.[Na+]. The summed E-state index contributed by atoms with van der Waals surface area (Å²) in [5, 5.41) is 13.5. The van der Waals surface area contributed by atoms with Gasteiger partial charge in [-0.25, -0.2) is 9.37 Å². The Bertz CT molecular complexity index is 1410. The molecule has 1 saturated carbocycles. The number of thiophene rings is 1. The number of methoxy groups -OCH3 is 1. The summed E-state index contributed by atoms with van der Waals surface area (Å²) in [6.07, 6.45) is 6.00. The Morgan fingerprint density at radius 3 is 2.47 bits per heavy atom. The van der Waals surface area contributed by atoms with Crippen LogP contribution in [0.4, 0.5) is 4.39 Å². The zero-order valence-electron chi connectivity index (χ0n) is 22.9. The molecule has 0 N–H and O–H groups in total. The van der Waals surface area contributed by atoms with Gasteiger partial charge in [0, 0.05) is 10.3 Å². The predicted molar refractivity (Wildman–Crippen MR) is 146 cm³/mol. The first-order valence-corrected chi connectivity index (χ1v) is 13.5. The van der Waals surface area contributed by atoms with Crippen molar-refractivity contribution in [1.82, 2.24) is 4.98 Å². The number of halogens is 1. The summed E-state index contributed by atoms with van der Waals surface area (Å²) < 4.78 is 23.8. The van der Waals surface area contributed by atoms with Crippen LogP contribution in [0.1, 0.15) is 60.5 Å². The number of aromatic nitrogens is 1. The summed E-state index contributed by atoms with van der Waals surface area (Å²) in [4.78, 5) is 17.6. The molecule has 0 aliphatic heterocycles. The molecule has 0 amide bonds. The van der Waals surface area contributed by atoms with E-state index in [2.05, 4.69) is 19.1 Å². The second-order valence-electron chi connectivity index (χ2n) is 9.75. The molecule has 38 heavy (non-hydrogen) atoms. The van der Waals surface area contributed by atoms with E-state index in [0.717, 1.165) is 38.9 Å². The van der Waals surface area contributed by atoms with Crippen molar-refractivity contribution < 1.29 is 53.3 Å². The maximum Gasteiger partial charge on any atom is 1.00 e. The van der Waals surface area contributed by atoms with Gasteiger partial charge in [-0.05, 0) is 68.3 Å². The third-order valence-corrected chi connectivity index (χ3v) is 8.37. The van der Waals surface area contributed by atoms with E-state index in [9.17, 15) is 14.3 Å². The molecule has 5 nitrogen and oxygen atoms in total. The first-order chi connectivity index (χ1) is 17.8. The number of aromatic carboxylic acids is 1. The first kappa shape index (κ1) is 30.5. The Kier molecular flexibility index (Phi) is 10.7. The Morgan fingerprint density at radius 2 is 1.84 bits per heavy atom. The van der Waals surface area contributed by atoms with Gasteiger partial charge in [0.25, 0.3) is 0 Å². The summed E-state index contributed by atoms with van der Waals surface area (Å²) in [7, 11) is 1.52. The normalized spacial score (nSPS) is 14.4. The largest absolute Gasteiger partial charge is 1.00 e. The molecule has 4 aromatic rings. The average Bonchev–Trinajstić information content (AvgIpc) is 3.24. The fourth-order valence-corrected chi connectivity index (χ4v) is 6.21. The number of nitrogens with zero attached hydrogens (tertiary/aromatic N) is 1. The van der Waals surface area contributed by atoms with Crippen molar-refractivity contribution in [2.24, 2.45) is 0 Å². The van der Waals surface area contributed by atoms with E-state index in [1.54, 1.807) is 23.5 Å². The fraction of sp³-hybridized carbons (Fsp3) is 0.400. The number of carbonyl (C=O) groups is 1. The number of carbonyl (C=O) groups excluding carboxylic acids is 1. The van der Waals surface area contributed by atoms with Crippen molar-refractivity contribution in [3.63, 3.8) is 0 Å². The topological polar surface area (TPSA) is 71.5 Å². The van der Waals surface area contributed by atoms with Gasteiger partial charge in [0.2, 0.25) is 0 Å². The van der Waals surface area contributed by atoms with Gasteiger partial charge >= 0.3 is 29.6 Å². The van der Waals surface area contributed by atoms with E-state index >= 15 is 0 Å². The standard InChI is InChI=1S/C21H17NO3S.C9H17FO.Na/c1-11-8-9-16(25-3)18-14(21(23)24)10-15(22-19(11)18)20-12(2)13-6-4-5-7-17(13)26-20;1-9(11-8-7-10)5-3-2-4-6-9;/h4-10H,1-3H3,(H,23,24);2-8H2,1H3;/q;;+1/p-1. The van der Waals surface area contributed by atoms with Crippen LogP contribution in [0.2, 0.25) is 0 Å². The van der Waals surface area contributed by atoms with Gasteiger partial charge in [0.05, 0.1) is 46.8 Å². The van der Waals surface area contributed by atoms with E-state index in [-0.39, 0.29) is 54.0 Å². The molecule has 1 fully saturated rings. The third-order valence-electron chi connectivity index (χ3n) is 7.08. The summed E-state index contributed by atoms with van der Waals surface area (Å²) in [5.74, 6) is -0.752. The minimum absolute atomic E-state index is 0. The van der Waals surface area contributed by atoms with E-state index in [1.165, 1.54) is 26.4 Å². The molecule has 0 bridgehead atoms. The van der Waals surface area contributed by atoms with Crippen molar-refractivity contribution in [2.75, 3.05) is 20.4 Å². The van der Waals surface area contributed by atoms with Crippen LogP contribution in [0.3, 0.4) is 0 Å². The number of benzene rings is 2. The summed E-state index contributed by atoms with van der Waals surface area (Å²) in [6.45, 7) is 5.97. The number of fused-ring (bicyclic) bond motifs is 2. The summed E-state index contributed by atoms with van der Waals surface area (Å²) >= 11 is 1.61. The van der Waals surface area contributed by atoms with Crippen molar-refractivity contribution in [2.45, 2.75) is 58.5 Å². The summed E-state index contributed by atoms with van der Waals surface area (Å²) in [6, 6.07) is 13.4. The van der Waals surface area contributed by atoms with Gasteiger partial charge in [-0.15, -0.1) is 11.3 Å². The van der Waals surface area contributed by atoms with Crippen molar-refractivity contribution in [3.8, 4) is 16.3 Å². The predicted octanol–water partition coefficient (Wildman–Crippen LogP) is 3.80. The molecule has 0 atom stereocenters. The van der Waals surface area contributed by atoms with Gasteiger partial charge in [0.15, 0.2) is 0 Å². The van der Waals surface area contributed by atoms with Crippen LogP contribution < -0.4 is 39.4 Å². The van der Waals surface area contributed by atoms with Crippen LogP contribution in [0.5, 0.6) is 5.75 Å². The van der Waals surface area contributed by atoms with Crippen molar-refractivity contribution in [1.29, 1.82) is 0 Å². The van der Waals surface area contributed by atoms with Gasteiger partial charge in [-0.3, -0.25) is 0 Å². The Labute approximate surface area is 249 Å². The molecular formula is C30H33FNNaO4S. The van der Waals surface area contributed by atoms with E-state index in [4.69, 9.17) is 14.5 Å². The number of hydrogen-bond donors (Lipinski definition) is 0. The second kappa shape index (κ2) is 13.4. The maximum atomic E-state index is 11.8. The number of pyridine rings is 1. The molecule has 0 saturated heterocycles. The number of aryl methyl sites for hydroxylation is 2. The van der Waals surface area contributed by atoms with Crippen molar-refractivity contribution in [3.05, 3.63) is 59.2 Å². The molecule has 2 aromatic carbocycles. The molecule has 2 aromatic heterocycles. The van der Waals surface area contributed by atoms with Crippen LogP contribution in [0.25, 0.3) is 31.6 Å². The van der Waals surface area contributed by atoms with Gasteiger partial charge in [-0.2, -0.15) is 0 Å². The number of hydrogen-bond acceptors (Lipinski definition) is 6. The Hall–Kier alpha value is -2.03. The number of rotatable bonds is 6. The van der Waals surface area contributed by atoms with E-state index in [0.29, 0.717) is 22.3 Å². The molecule has 0 unspecified atom stereocenters. The molecule has 2 heterocycles. The Balaban J connectivity index is 0.000000282. The van der Waals surface area contributed by atoms with Crippen LogP contribution in [-0.2, 0) is 4.74 Å². The smallest absolute Gasteiger partial charge is 0.545 e. The molecule has 8 heteroatoms. The van der Waals surface area contributed by atoms with Gasteiger partial charge in [0.1, 0.15) is 12.4 Å². The molecular weight excluding hydrogens is 512 g/mol. The molecule has 0 radical (unpaired) electrons. The molecule has 196 valence electrons. The molecule has 1 aliphatic carbocycles. The van der Waals surface area contributed by atoms with Crippen molar-refractivity contribution >= 4 is 38.3 Å². The quantitative estimate of drug-likeness (QED) is 0.345. The maximum absolute atomic E-state index is 11.8. The zero-order chi connectivity index (χ0) is 26.6. The summed E-state index contributed by atoms with van der Waals surface area (Å²) in [5.41, 5.74) is 3.35. The Morgan fingerprint density at radius 1 is 1.13 bits per heavy atom. The average molecular weight is 546 g/mol. The fourth-order valence-electron chi connectivity index (χ4n) is 5.04. The van der Waals surface area contributed by atoms with Crippen LogP contribution >= 0.6 is 11.3 Å². The third kappa shape index (κ3) is 6.57. The van der Waals surface area contributed by atoms with E-state index in [1.807, 2.05) is 32.0 Å². The van der Waals surface area contributed by atoms with Crippen LogP contribution in [0.15, 0.2) is 42.5 Å². The minimum Gasteiger partial charge on any atom is -0.545 e. The molecule has 5 rings (SSSR count). The molecule has 0 spiro atoms. The number of alkyl halides is 1. The van der Waals surface area contributed by atoms with Gasteiger partial charge < -0.3 is 19.4 Å². The van der Waals surface area contributed by atoms with E-state index < -0.39 is 5.97 Å². The van der Waals surface area contributed by atoms with Gasteiger partial charge in [-0.1, -0.05) is 43.5 Å². The minimum atomic E-state index is -1.23. The second-order valence-corrected chi connectivity index (χ2v) is 10.8. The first-order valence-electron chi connectivity index (χ1n) is 12.7. The number of carboxylic acid groups (broad SMARTS) is 1. The number of carboxylic acids is 1. The molecule has 1 aliphatic rings. The van der Waals surface area contributed by atoms with Crippen LogP contribution in [-0.4, -0.2) is 36.9 Å². The monoisotopic (exact) mass is 545 g/mol. The number of ether oxygens (including phenoxy) is 2.